The smallest absolute Gasteiger partial charge is 0.322 e. The van der Waals surface area contributed by atoms with Crippen LogP contribution in [0.25, 0.3) is 5.65 Å². The van der Waals surface area contributed by atoms with Crippen molar-refractivity contribution in [2.24, 2.45) is 0 Å². The molecule has 8 nitrogen and oxygen atoms in total. The number of aromatic nitrogens is 3. The van der Waals surface area contributed by atoms with Crippen LogP contribution in [0, 0.1) is 6.92 Å². The molecular weight excluding hydrogens is 346 g/mol. The van der Waals surface area contributed by atoms with E-state index in [1.807, 2.05) is 44.2 Å². The van der Waals surface area contributed by atoms with Crippen LogP contribution in [0.5, 0.6) is 11.5 Å². The molecule has 0 bridgehead atoms. The highest BCUT2D eigenvalue weighted by Crippen LogP contribution is 2.33. The van der Waals surface area contributed by atoms with Gasteiger partial charge in [-0.25, -0.2) is 14.3 Å². The normalized spacial score (nSPS) is 14.0. The number of benzene rings is 1. The van der Waals surface area contributed by atoms with E-state index in [9.17, 15) is 4.79 Å². The summed E-state index contributed by atoms with van der Waals surface area (Å²) in [6, 6.07) is 9.00. The minimum atomic E-state index is -0.230. The van der Waals surface area contributed by atoms with Crippen molar-refractivity contribution in [2.45, 2.75) is 19.9 Å². The fourth-order valence-electron chi connectivity index (χ4n) is 3.03. The lowest BCUT2D eigenvalue weighted by Gasteiger charge is -2.27. The Bertz CT molecular complexity index is 1000. The highest BCUT2D eigenvalue weighted by Gasteiger charge is 2.21. The maximum absolute atomic E-state index is 12.8. The lowest BCUT2D eigenvalue weighted by Crippen LogP contribution is -2.33. The van der Waals surface area contributed by atoms with Gasteiger partial charge in [0.15, 0.2) is 17.1 Å². The summed E-state index contributed by atoms with van der Waals surface area (Å²) in [4.78, 5) is 18.8. The highest BCUT2D eigenvalue weighted by molar-refractivity contribution is 5.93. The number of aryl methyl sites for hydroxylation is 1. The fourth-order valence-corrected chi connectivity index (χ4v) is 3.03. The molecule has 3 heterocycles. The van der Waals surface area contributed by atoms with Crippen LogP contribution >= 0.6 is 0 Å². The van der Waals surface area contributed by atoms with E-state index in [1.54, 1.807) is 22.7 Å². The van der Waals surface area contributed by atoms with Crippen LogP contribution in [0.3, 0.4) is 0 Å². The van der Waals surface area contributed by atoms with Crippen molar-refractivity contribution in [2.75, 3.05) is 25.6 Å². The van der Waals surface area contributed by atoms with Gasteiger partial charge in [-0.2, -0.15) is 5.10 Å². The largest absolute Gasteiger partial charge is 0.486 e. The molecule has 0 radical (unpaired) electrons. The predicted molar refractivity (Wildman–Crippen MR) is 100 cm³/mol. The van der Waals surface area contributed by atoms with E-state index in [0.717, 1.165) is 11.3 Å². The second-order valence-corrected chi connectivity index (χ2v) is 6.47. The third-order valence-electron chi connectivity index (χ3n) is 4.66. The topological polar surface area (TPSA) is 81.0 Å². The Morgan fingerprint density at radius 1 is 1.26 bits per heavy atom. The van der Waals surface area contributed by atoms with Gasteiger partial charge < -0.3 is 19.7 Å². The zero-order chi connectivity index (χ0) is 19.0. The number of hydrogen-bond donors (Lipinski definition) is 1. The SMILES string of the molecule is Cc1nc2c(NC(=O)N(C)C(C)c3ccc4c(c3)OCCO4)cccn2n1. The number of fused-ring (bicyclic) bond motifs is 2. The van der Waals surface area contributed by atoms with Gasteiger partial charge in [-0.3, -0.25) is 0 Å². The zero-order valence-electron chi connectivity index (χ0n) is 15.5. The average molecular weight is 367 g/mol. The molecule has 2 aromatic heterocycles. The number of anilines is 1. The van der Waals surface area contributed by atoms with Crippen LogP contribution in [0.4, 0.5) is 10.5 Å². The van der Waals surface area contributed by atoms with E-state index in [4.69, 9.17) is 9.47 Å². The Morgan fingerprint density at radius 2 is 2.04 bits per heavy atom. The number of nitrogens with one attached hydrogen (secondary N) is 1. The molecular formula is C19H21N5O3. The first-order chi connectivity index (χ1) is 13.0. The second kappa shape index (κ2) is 6.79. The Labute approximate surface area is 156 Å². The summed E-state index contributed by atoms with van der Waals surface area (Å²) in [5.74, 6) is 2.09. The standard InChI is InChI=1S/C19H21N5O3/c1-12(14-6-7-16-17(11-14)27-10-9-26-16)23(3)19(25)21-15-5-4-8-24-18(15)20-13(2)22-24/h4-8,11-12H,9-10H2,1-3H3,(H,21,25). The molecule has 1 aliphatic heterocycles. The summed E-state index contributed by atoms with van der Waals surface area (Å²) in [6.45, 7) is 4.86. The number of carbonyl (C=O) groups excluding carboxylic acids is 1. The van der Waals surface area contributed by atoms with Crippen LogP contribution in [0.1, 0.15) is 24.4 Å². The first-order valence-corrected chi connectivity index (χ1v) is 8.78. The first-order valence-electron chi connectivity index (χ1n) is 8.78. The second-order valence-electron chi connectivity index (χ2n) is 6.47. The number of rotatable bonds is 3. The number of pyridine rings is 1. The summed E-state index contributed by atoms with van der Waals surface area (Å²) in [7, 11) is 1.76. The Kier molecular flexibility index (Phi) is 4.31. The van der Waals surface area contributed by atoms with Crippen molar-refractivity contribution in [3.63, 3.8) is 0 Å². The first kappa shape index (κ1) is 17.1. The molecule has 2 amide bonds. The molecule has 1 unspecified atom stereocenters. The molecule has 4 rings (SSSR count). The third-order valence-corrected chi connectivity index (χ3v) is 4.66. The number of urea groups is 1. The summed E-state index contributed by atoms with van der Waals surface area (Å²) >= 11 is 0. The number of carbonyl (C=O) groups is 1. The van der Waals surface area contributed by atoms with Crippen LogP contribution in [-0.2, 0) is 0 Å². The van der Waals surface area contributed by atoms with Crippen molar-refractivity contribution in [1.82, 2.24) is 19.5 Å². The molecule has 1 aliphatic rings. The van der Waals surface area contributed by atoms with Gasteiger partial charge in [0.1, 0.15) is 19.0 Å². The van der Waals surface area contributed by atoms with Gasteiger partial charge in [0, 0.05) is 13.2 Å². The van der Waals surface area contributed by atoms with E-state index >= 15 is 0 Å². The highest BCUT2D eigenvalue weighted by atomic mass is 16.6. The van der Waals surface area contributed by atoms with E-state index in [2.05, 4.69) is 15.4 Å². The van der Waals surface area contributed by atoms with Crippen LogP contribution in [0.15, 0.2) is 36.5 Å². The van der Waals surface area contributed by atoms with E-state index in [-0.39, 0.29) is 12.1 Å². The van der Waals surface area contributed by atoms with Crippen molar-refractivity contribution in [3.8, 4) is 11.5 Å². The summed E-state index contributed by atoms with van der Waals surface area (Å²) in [5, 5.41) is 7.18. The molecule has 0 aliphatic carbocycles. The fraction of sp³-hybridized carbons (Fsp3) is 0.316. The summed E-state index contributed by atoms with van der Waals surface area (Å²) in [6.07, 6.45) is 1.80. The van der Waals surface area contributed by atoms with Gasteiger partial charge in [-0.05, 0) is 43.7 Å². The zero-order valence-corrected chi connectivity index (χ0v) is 15.5. The quantitative estimate of drug-likeness (QED) is 0.770. The summed E-state index contributed by atoms with van der Waals surface area (Å²) < 4.78 is 12.8. The molecule has 0 fully saturated rings. The van der Waals surface area contributed by atoms with Gasteiger partial charge in [-0.15, -0.1) is 0 Å². The van der Waals surface area contributed by atoms with Crippen LogP contribution in [-0.4, -0.2) is 45.8 Å². The van der Waals surface area contributed by atoms with Crippen molar-refractivity contribution < 1.29 is 14.3 Å². The van der Waals surface area contributed by atoms with Crippen molar-refractivity contribution in [3.05, 3.63) is 47.9 Å². The van der Waals surface area contributed by atoms with Crippen LogP contribution < -0.4 is 14.8 Å². The van der Waals surface area contributed by atoms with Gasteiger partial charge in [0.05, 0.1) is 11.7 Å². The average Bonchev–Trinajstić information content (AvgIpc) is 3.07. The minimum Gasteiger partial charge on any atom is -0.486 e. The van der Waals surface area contributed by atoms with Crippen molar-refractivity contribution in [1.29, 1.82) is 0 Å². The molecule has 27 heavy (non-hydrogen) atoms. The molecule has 140 valence electrons. The number of hydrogen-bond acceptors (Lipinski definition) is 5. The van der Waals surface area contributed by atoms with Gasteiger partial charge >= 0.3 is 6.03 Å². The lowest BCUT2D eigenvalue weighted by atomic mass is 10.1. The molecule has 1 atom stereocenters. The molecule has 0 saturated carbocycles. The maximum atomic E-state index is 12.8. The molecule has 3 aromatic rings. The predicted octanol–water partition coefficient (Wildman–Crippen LogP) is 3.03. The molecule has 1 aromatic carbocycles. The summed E-state index contributed by atoms with van der Waals surface area (Å²) in [5.41, 5.74) is 2.20. The maximum Gasteiger partial charge on any atom is 0.322 e. The van der Waals surface area contributed by atoms with Gasteiger partial charge in [0.2, 0.25) is 0 Å². The van der Waals surface area contributed by atoms with Crippen molar-refractivity contribution >= 4 is 17.4 Å². The Balaban J connectivity index is 1.53. The van der Waals surface area contributed by atoms with Crippen LogP contribution in [0.2, 0.25) is 0 Å². The monoisotopic (exact) mass is 367 g/mol. The number of nitrogens with zero attached hydrogens (tertiary/aromatic N) is 4. The van der Waals surface area contributed by atoms with E-state index in [1.165, 1.54) is 0 Å². The number of amides is 2. The van der Waals surface area contributed by atoms with E-state index < -0.39 is 0 Å². The Morgan fingerprint density at radius 3 is 2.85 bits per heavy atom. The molecule has 0 spiro atoms. The van der Waals surface area contributed by atoms with Gasteiger partial charge in [-0.1, -0.05) is 6.07 Å². The Hall–Kier alpha value is -3.29. The molecule has 8 heteroatoms. The third kappa shape index (κ3) is 3.25. The number of ether oxygens (including phenoxy) is 2. The molecule has 1 N–H and O–H groups in total. The minimum absolute atomic E-state index is 0.153. The van der Waals surface area contributed by atoms with E-state index in [0.29, 0.717) is 36.1 Å². The lowest BCUT2D eigenvalue weighted by molar-refractivity contribution is 0.170. The van der Waals surface area contributed by atoms with Gasteiger partial charge in [0.25, 0.3) is 0 Å². The molecule has 0 saturated heterocycles.